The summed E-state index contributed by atoms with van der Waals surface area (Å²) in [6.07, 6.45) is 1.36. The summed E-state index contributed by atoms with van der Waals surface area (Å²) in [6.45, 7) is 37.1. The number of aliphatic carboxylic acids is 1. The summed E-state index contributed by atoms with van der Waals surface area (Å²) in [5.41, 5.74) is 0.714. The van der Waals surface area contributed by atoms with Gasteiger partial charge in [0.15, 0.2) is 22.3 Å². The fourth-order valence-corrected chi connectivity index (χ4v) is 11.4. The number of esters is 3. The van der Waals surface area contributed by atoms with Gasteiger partial charge in [0.1, 0.15) is 34.2 Å². The van der Waals surface area contributed by atoms with Crippen molar-refractivity contribution in [1.82, 2.24) is 25.9 Å². The van der Waals surface area contributed by atoms with Gasteiger partial charge in [-0.1, -0.05) is 41.5 Å². The van der Waals surface area contributed by atoms with Crippen molar-refractivity contribution in [1.29, 1.82) is 0 Å². The van der Waals surface area contributed by atoms with E-state index in [9.17, 15) is 28.8 Å². The van der Waals surface area contributed by atoms with E-state index < -0.39 is 75.6 Å². The number of nitrogens with zero attached hydrogens (tertiary/aromatic N) is 3. The molecule has 3 aromatic rings. The molecule has 88 heavy (non-hydrogen) atoms. The molecule has 496 valence electrons. The molecule has 0 aliphatic carbocycles. The van der Waals surface area contributed by atoms with E-state index in [0.29, 0.717) is 75.8 Å². The molecule has 5 rings (SSSR count). The lowest BCUT2D eigenvalue weighted by molar-refractivity contribution is -0.167. The number of methoxy groups -OCH3 is 4. The first-order chi connectivity index (χ1) is 40.2. The molecule has 22 nitrogen and oxygen atoms in total. The highest BCUT2D eigenvalue weighted by molar-refractivity contribution is 6.74. The normalized spacial score (nSPS) is 15.5. The molecule has 2 fully saturated rings. The summed E-state index contributed by atoms with van der Waals surface area (Å²) in [5.74, 6) is -2.14. The van der Waals surface area contributed by atoms with E-state index in [-0.39, 0.29) is 45.6 Å². The number of carbonyl (C=O) groups is 7. The standard InChI is InChI=1S/C31H49N3O6Si.C31H49NO9Si.C2H4O2.H3N/c1-30(2,3)40-29(36)34-18-15-21(16-19-34)24(17-20-39-41(9,10)31(4,5)6)27-32-25(26(33-27)28(35)38-8)22-11-13-23(37-7)14-12-22;1-30(2,3)41-29(36)32-18-15-21(16-19-32)24(17-20-39-42(9,10)31(4,5)6)27(34)40-26(28(35)38-8)25(33)22-11-13-23(37-7)14-12-22;1-2(3)4;/h11-14,21,24H,15-20H2,1-10H3,(H,32,33);11-14,21,24,26H,15-20H2,1-10H3;1H3,(H,3,4);1H3. The van der Waals surface area contributed by atoms with Crippen molar-refractivity contribution in [2.75, 3.05) is 67.8 Å². The van der Waals surface area contributed by atoms with Gasteiger partial charge >= 0.3 is 30.1 Å². The number of amides is 2. The highest BCUT2D eigenvalue weighted by Crippen LogP contribution is 2.41. The number of H-pyrrole nitrogens is 1. The van der Waals surface area contributed by atoms with Gasteiger partial charge in [-0.05, 0) is 177 Å². The van der Waals surface area contributed by atoms with Crippen molar-refractivity contribution >= 4 is 58.5 Å². The Labute approximate surface area is 524 Å². The highest BCUT2D eigenvalue weighted by atomic mass is 28.4. The molecule has 3 atom stereocenters. The van der Waals surface area contributed by atoms with Crippen molar-refractivity contribution in [3.8, 4) is 22.8 Å². The zero-order chi connectivity index (χ0) is 66.0. The molecule has 2 aromatic carbocycles. The minimum absolute atomic E-state index is 0. The fraction of sp³-hybridized carbons (Fsp3) is 0.656. The molecule has 2 aliphatic heterocycles. The summed E-state index contributed by atoms with van der Waals surface area (Å²) in [5, 5.41) is 7.51. The molecule has 3 heterocycles. The minimum atomic E-state index is -2.09. The summed E-state index contributed by atoms with van der Waals surface area (Å²) in [7, 11) is 1.59. The number of aromatic nitrogens is 2. The predicted molar refractivity (Wildman–Crippen MR) is 342 cm³/mol. The lowest BCUT2D eigenvalue weighted by Gasteiger charge is -2.38. The molecule has 0 saturated carbocycles. The molecule has 24 heteroatoms. The molecule has 2 aliphatic rings. The molecule has 0 bridgehead atoms. The first-order valence-corrected chi connectivity index (χ1v) is 35.7. The van der Waals surface area contributed by atoms with Gasteiger partial charge < -0.3 is 68.1 Å². The van der Waals surface area contributed by atoms with Crippen LogP contribution in [0.1, 0.15) is 161 Å². The van der Waals surface area contributed by atoms with Crippen LogP contribution in [0.4, 0.5) is 9.59 Å². The number of rotatable bonds is 20. The highest BCUT2D eigenvalue weighted by Gasteiger charge is 2.43. The van der Waals surface area contributed by atoms with E-state index in [0.717, 1.165) is 50.4 Å². The van der Waals surface area contributed by atoms with Gasteiger partial charge in [0, 0.05) is 63.4 Å². The van der Waals surface area contributed by atoms with Crippen LogP contribution in [0.5, 0.6) is 11.5 Å². The number of carboxylic acids is 1. The van der Waals surface area contributed by atoms with Gasteiger partial charge in [-0.25, -0.2) is 24.2 Å². The number of hydrogen-bond donors (Lipinski definition) is 3. The van der Waals surface area contributed by atoms with Crippen molar-refractivity contribution in [3.63, 3.8) is 0 Å². The fourth-order valence-electron chi connectivity index (χ4n) is 9.28. The van der Waals surface area contributed by atoms with E-state index in [2.05, 4.69) is 72.7 Å². The Morgan fingerprint density at radius 2 is 1.02 bits per heavy atom. The van der Waals surface area contributed by atoms with Gasteiger partial charge in [0.05, 0.1) is 34.4 Å². The lowest BCUT2D eigenvalue weighted by Crippen LogP contribution is -2.45. The second-order valence-electron chi connectivity index (χ2n) is 27.1. The average Bonchev–Trinajstić information content (AvgIpc) is 4.10. The number of ether oxygens (including phenoxy) is 7. The maximum absolute atomic E-state index is 13.7. The summed E-state index contributed by atoms with van der Waals surface area (Å²) < 4.78 is 50.1. The Bertz CT molecular complexity index is 2720. The summed E-state index contributed by atoms with van der Waals surface area (Å²) in [4.78, 5) is 98.5. The van der Waals surface area contributed by atoms with E-state index in [1.54, 1.807) is 29.0 Å². The number of likely N-dealkylation sites (tertiary alicyclic amines) is 2. The van der Waals surface area contributed by atoms with E-state index >= 15 is 0 Å². The van der Waals surface area contributed by atoms with Gasteiger partial charge in [0.25, 0.3) is 12.1 Å². The van der Waals surface area contributed by atoms with E-state index in [1.807, 2.05) is 65.8 Å². The van der Waals surface area contributed by atoms with Gasteiger partial charge in [0.2, 0.25) is 5.78 Å². The number of Topliss-reactive ketones (excluding diaryl/α,β-unsaturated/α-hetero) is 1. The van der Waals surface area contributed by atoms with Gasteiger partial charge in [-0.3, -0.25) is 14.4 Å². The molecule has 3 unspecified atom stereocenters. The number of carbonyl (C=O) groups excluding carboxylic acids is 6. The van der Waals surface area contributed by atoms with Crippen LogP contribution in [0, 0.1) is 17.8 Å². The van der Waals surface area contributed by atoms with Crippen molar-refractivity contribution < 1.29 is 80.7 Å². The summed E-state index contributed by atoms with van der Waals surface area (Å²) >= 11 is 0. The van der Waals surface area contributed by atoms with Gasteiger partial charge in [-0.2, -0.15) is 0 Å². The van der Waals surface area contributed by atoms with Gasteiger partial charge in [-0.15, -0.1) is 0 Å². The number of carboxylic acid groups (broad SMARTS) is 1. The second kappa shape index (κ2) is 33.5. The molecule has 1 aromatic heterocycles. The van der Waals surface area contributed by atoms with Crippen LogP contribution in [0.15, 0.2) is 48.5 Å². The number of ketones is 1. The van der Waals surface area contributed by atoms with Crippen LogP contribution in [0.3, 0.4) is 0 Å². The molecule has 5 N–H and O–H groups in total. The van der Waals surface area contributed by atoms with Crippen LogP contribution in [0.25, 0.3) is 11.3 Å². The second-order valence-corrected chi connectivity index (χ2v) is 36.8. The molecular formula is C64H105N5O17Si2. The third-order valence-electron chi connectivity index (χ3n) is 16.3. The molecule has 2 amide bonds. The molecule has 0 radical (unpaired) electrons. The van der Waals surface area contributed by atoms with Crippen molar-refractivity contribution in [2.24, 2.45) is 17.8 Å². The third kappa shape index (κ3) is 23.9. The van der Waals surface area contributed by atoms with Crippen LogP contribution >= 0.6 is 0 Å². The molecular weight excluding hydrogens is 1170 g/mol. The van der Waals surface area contributed by atoms with Crippen LogP contribution in [-0.4, -0.2) is 168 Å². The topological polar surface area (TPSA) is 293 Å². The number of nitrogens with one attached hydrogen (secondary N) is 1. The number of hydrogen-bond acceptors (Lipinski definition) is 18. The maximum Gasteiger partial charge on any atom is 0.410 e. The number of piperidine rings is 2. The minimum Gasteiger partial charge on any atom is -0.497 e. The monoisotopic (exact) mass is 1270 g/mol. The molecule has 0 spiro atoms. The van der Waals surface area contributed by atoms with E-state index in [4.69, 9.17) is 56.9 Å². The largest absolute Gasteiger partial charge is 0.497 e. The Kier molecular flexibility index (Phi) is 29.6. The SMILES string of the molecule is CC(=O)O.COC(=O)C(OC(=O)C(CCO[Si](C)(C)C(C)(C)C)C1CCN(C(=O)OC(C)(C)C)CC1)C(=O)c1ccc(OC)cc1.COC(=O)c1[nH]c(C(CCO[Si](C)(C)C(C)(C)C)C2CCN(C(=O)OC(C)(C)C)CC2)nc1-c1ccc(OC)cc1.N. The van der Waals surface area contributed by atoms with E-state index in [1.165, 1.54) is 26.4 Å². The quantitative estimate of drug-likeness (QED) is 0.0311. The summed E-state index contributed by atoms with van der Waals surface area (Å²) in [6, 6.07) is 13.7. The number of aromatic amines is 1. The lowest BCUT2D eigenvalue weighted by atomic mass is 9.82. The van der Waals surface area contributed by atoms with Crippen LogP contribution < -0.4 is 15.6 Å². The Morgan fingerprint density at radius 3 is 1.41 bits per heavy atom. The van der Waals surface area contributed by atoms with Crippen LogP contribution in [0.2, 0.25) is 36.3 Å². The number of imidazole rings is 1. The Morgan fingerprint density at radius 1 is 0.614 bits per heavy atom. The Hall–Kier alpha value is -6.35. The smallest absolute Gasteiger partial charge is 0.410 e. The van der Waals surface area contributed by atoms with Crippen LogP contribution in [-0.2, 0) is 46.9 Å². The Balaban J connectivity index is 0.000000559. The molecule has 2 saturated heterocycles. The van der Waals surface area contributed by atoms with Crippen molar-refractivity contribution in [3.05, 3.63) is 65.6 Å². The van der Waals surface area contributed by atoms with Crippen molar-refractivity contribution in [2.45, 2.75) is 188 Å². The number of benzene rings is 2. The maximum atomic E-state index is 13.7. The average molecular weight is 1270 g/mol. The third-order valence-corrected chi connectivity index (χ3v) is 25.4. The first-order valence-electron chi connectivity index (χ1n) is 29.9. The zero-order valence-corrected chi connectivity index (χ0v) is 58.5. The zero-order valence-electron chi connectivity index (χ0n) is 56.5. The first kappa shape index (κ1) is 77.7. The predicted octanol–water partition coefficient (Wildman–Crippen LogP) is 12.9.